The monoisotopic (exact) mass is 289 g/mol. The van der Waals surface area contributed by atoms with Gasteiger partial charge in [0.2, 0.25) is 5.91 Å². The molecule has 0 heterocycles. The molecule has 0 saturated carbocycles. The van der Waals surface area contributed by atoms with Crippen molar-refractivity contribution in [1.82, 2.24) is 5.32 Å². The molecule has 0 bridgehead atoms. The Balaban J connectivity index is 3.58. The summed E-state index contributed by atoms with van der Waals surface area (Å²) < 4.78 is 35.2. The van der Waals surface area contributed by atoms with E-state index in [-0.39, 0.29) is 4.83 Å². The molecule has 0 aliphatic rings. The minimum absolute atomic E-state index is 0.136. The van der Waals surface area contributed by atoms with Crippen molar-refractivity contribution in [3.8, 4) is 0 Å². The highest BCUT2D eigenvalue weighted by atomic mass is 79.9. The molecule has 1 unspecified atom stereocenters. The number of halogens is 4. The van der Waals surface area contributed by atoms with Crippen LogP contribution in [0.5, 0.6) is 0 Å². The average molecular weight is 290 g/mol. The average Bonchev–Trinajstić information content (AvgIpc) is 2.11. The molecule has 1 atom stereocenters. The van der Waals surface area contributed by atoms with Crippen LogP contribution in [0.25, 0.3) is 0 Å². The summed E-state index contributed by atoms with van der Waals surface area (Å²) in [7, 11) is 0. The molecular formula is C9H15BrF3NO. The predicted octanol–water partition coefficient (Wildman–Crippen LogP) is 3.01. The minimum atomic E-state index is -4.26. The summed E-state index contributed by atoms with van der Waals surface area (Å²) in [5, 5.41) is 2.45. The maximum Gasteiger partial charge on any atom is 0.389 e. The molecule has 0 aromatic heterocycles. The Kier molecular flexibility index (Phi) is 6.96. The first-order valence-corrected chi connectivity index (χ1v) is 5.74. The van der Waals surface area contributed by atoms with Gasteiger partial charge >= 0.3 is 6.18 Å². The smallest absolute Gasteiger partial charge is 0.355 e. The van der Waals surface area contributed by atoms with Gasteiger partial charge in [0.15, 0.2) is 0 Å². The van der Waals surface area contributed by atoms with Gasteiger partial charge in [-0.1, -0.05) is 29.3 Å². The van der Waals surface area contributed by atoms with Crippen LogP contribution in [-0.4, -0.2) is 23.5 Å². The van der Waals surface area contributed by atoms with Gasteiger partial charge in [-0.3, -0.25) is 4.79 Å². The van der Waals surface area contributed by atoms with Crippen molar-refractivity contribution in [3.05, 3.63) is 0 Å². The number of rotatable bonds is 6. The van der Waals surface area contributed by atoms with Crippen molar-refractivity contribution in [2.24, 2.45) is 0 Å². The number of amides is 1. The van der Waals surface area contributed by atoms with Gasteiger partial charge in [0.1, 0.15) is 0 Å². The first kappa shape index (κ1) is 14.7. The summed E-state index contributed by atoms with van der Waals surface area (Å²) in [5.41, 5.74) is 0. The van der Waals surface area contributed by atoms with Crippen molar-refractivity contribution < 1.29 is 18.0 Å². The molecule has 0 aliphatic carbocycles. The van der Waals surface area contributed by atoms with Gasteiger partial charge in [0, 0.05) is 17.8 Å². The number of carbonyl (C=O) groups excluding carboxylic acids is 1. The Morgan fingerprint density at radius 2 is 2.07 bits per heavy atom. The minimum Gasteiger partial charge on any atom is -0.355 e. The summed E-state index contributed by atoms with van der Waals surface area (Å²) in [5.74, 6) is -0.548. The molecule has 0 rings (SSSR count). The second-order valence-corrected chi connectivity index (χ2v) is 4.60. The second-order valence-electron chi connectivity index (χ2n) is 3.31. The van der Waals surface area contributed by atoms with E-state index in [0.717, 1.165) is 12.8 Å². The second kappa shape index (κ2) is 7.09. The standard InChI is InChI=1S/C9H15BrF3NO/c1-2-3-7(10)6-14-8(15)4-5-9(11,12)13/h7H,2-6H2,1H3,(H,14,15). The van der Waals surface area contributed by atoms with E-state index in [1.807, 2.05) is 6.92 Å². The third-order valence-corrected chi connectivity index (χ3v) is 2.54. The highest BCUT2D eigenvalue weighted by Crippen LogP contribution is 2.21. The normalized spacial score (nSPS) is 13.7. The van der Waals surface area contributed by atoms with Crippen molar-refractivity contribution in [2.45, 2.75) is 43.6 Å². The molecule has 0 saturated heterocycles. The fourth-order valence-corrected chi connectivity index (χ4v) is 1.60. The van der Waals surface area contributed by atoms with Gasteiger partial charge in [0.05, 0.1) is 6.42 Å². The molecular weight excluding hydrogens is 275 g/mol. The molecule has 1 N–H and O–H groups in total. The zero-order chi connectivity index (χ0) is 11.9. The maximum atomic E-state index is 11.7. The van der Waals surface area contributed by atoms with E-state index in [4.69, 9.17) is 0 Å². The molecule has 0 aromatic carbocycles. The van der Waals surface area contributed by atoms with E-state index in [1.165, 1.54) is 0 Å². The molecule has 0 aromatic rings. The van der Waals surface area contributed by atoms with Crippen LogP contribution in [0.4, 0.5) is 13.2 Å². The fraction of sp³-hybridized carbons (Fsp3) is 0.889. The predicted molar refractivity (Wildman–Crippen MR) is 55.9 cm³/mol. The lowest BCUT2D eigenvalue weighted by Crippen LogP contribution is -2.30. The lowest BCUT2D eigenvalue weighted by atomic mass is 10.2. The highest BCUT2D eigenvalue weighted by Gasteiger charge is 2.27. The zero-order valence-corrected chi connectivity index (χ0v) is 10.1. The molecule has 90 valence electrons. The maximum absolute atomic E-state index is 11.7. The third kappa shape index (κ3) is 10.0. The molecule has 1 amide bonds. The summed E-state index contributed by atoms with van der Waals surface area (Å²) in [6.07, 6.45) is -3.95. The Morgan fingerprint density at radius 1 is 1.47 bits per heavy atom. The topological polar surface area (TPSA) is 29.1 Å². The van der Waals surface area contributed by atoms with Crippen molar-refractivity contribution in [3.63, 3.8) is 0 Å². The first-order valence-electron chi connectivity index (χ1n) is 4.82. The van der Waals surface area contributed by atoms with E-state index >= 15 is 0 Å². The lowest BCUT2D eigenvalue weighted by Gasteiger charge is -2.10. The quantitative estimate of drug-likeness (QED) is 0.749. The summed E-state index contributed by atoms with van der Waals surface area (Å²) in [6, 6.07) is 0. The van der Waals surface area contributed by atoms with E-state index in [2.05, 4.69) is 21.2 Å². The number of carbonyl (C=O) groups is 1. The highest BCUT2D eigenvalue weighted by molar-refractivity contribution is 9.09. The van der Waals surface area contributed by atoms with Gasteiger partial charge in [0.25, 0.3) is 0 Å². The van der Waals surface area contributed by atoms with Gasteiger partial charge in [-0.2, -0.15) is 13.2 Å². The molecule has 0 radical (unpaired) electrons. The van der Waals surface area contributed by atoms with E-state index in [0.29, 0.717) is 6.54 Å². The van der Waals surface area contributed by atoms with Crippen LogP contribution < -0.4 is 5.32 Å². The van der Waals surface area contributed by atoms with Crippen LogP contribution in [-0.2, 0) is 4.79 Å². The molecule has 0 spiro atoms. The molecule has 15 heavy (non-hydrogen) atoms. The Bertz CT molecular complexity index is 196. The summed E-state index contributed by atoms with van der Waals surface area (Å²) >= 11 is 3.32. The molecule has 0 aliphatic heterocycles. The largest absolute Gasteiger partial charge is 0.389 e. The van der Waals surface area contributed by atoms with Crippen LogP contribution in [0.15, 0.2) is 0 Å². The van der Waals surface area contributed by atoms with Crippen LogP contribution >= 0.6 is 15.9 Å². The van der Waals surface area contributed by atoms with Crippen molar-refractivity contribution >= 4 is 21.8 Å². The van der Waals surface area contributed by atoms with Crippen LogP contribution in [0, 0.1) is 0 Å². The van der Waals surface area contributed by atoms with E-state index in [1.54, 1.807) is 0 Å². The van der Waals surface area contributed by atoms with Crippen LogP contribution in [0.2, 0.25) is 0 Å². The summed E-state index contributed by atoms with van der Waals surface area (Å²) in [4.78, 5) is 11.1. The van der Waals surface area contributed by atoms with Gasteiger partial charge in [-0.25, -0.2) is 0 Å². The van der Waals surface area contributed by atoms with Crippen molar-refractivity contribution in [1.29, 1.82) is 0 Å². The van der Waals surface area contributed by atoms with Gasteiger partial charge in [-0.05, 0) is 6.42 Å². The Morgan fingerprint density at radius 3 is 2.53 bits per heavy atom. The molecule has 0 fully saturated rings. The lowest BCUT2D eigenvalue weighted by molar-refractivity contribution is -0.144. The van der Waals surface area contributed by atoms with Crippen LogP contribution in [0.3, 0.4) is 0 Å². The molecule has 6 heteroatoms. The number of nitrogens with one attached hydrogen (secondary N) is 1. The SMILES string of the molecule is CCCC(Br)CNC(=O)CCC(F)(F)F. The number of hydrogen-bond donors (Lipinski definition) is 1. The number of alkyl halides is 4. The first-order chi connectivity index (χ1) is 6.85. The van der Waals surface area contributed by atoms with Crippen LogP contribution in [0.1, 0.15) is 32.6 Å². The zero-order valence-electron chi connectivity index (χ0n) is 8.53. The van der Waals surface area contributed by atoms with E-state index < -0.39 is 24.9 Å². The Labute approximate surface area is 95.7 Å². The fourth-order valence-electron chi connectivity index (χ4n) is 0.984. The third-order valence-electron chi connectivity index (χ3n) is 1.76. The Hall–Kier alpha value is -0.260. The van der Waals surface area contributed by atoms with E-state index in [9.17, 15) is 18.0 Å². The van der Waals surface area contributed by atoms with Gasteiger partial charge < -0.3 is 5.32 Å². The number of hydrogen-bond acceptors (Lipinski definition) is 1. The van der Waals surface area contributed by atoms with Gasteiger partial charge in [-0.15, -0.1) is 0 Å². The molecule has 2 nitrogen and oxygen atoms in total. The van der Waals surface area contributed by atoms with Crippen molar-refractivity contribution in [2.75, 3.05) is 6.54 Å². The summed E-state index contributed by atoms with van der Waals surface area (Å²) in [6.45, 7) is 2.38.